The first-order chi connectivity index (χ1) is 9.75. The highest BCUT2D eigenvalue weighted by Gasteiger charge is 2.61. The molecule has 3 atom stereocenters. The van der Waals surface area contributed by atoms with Gasteiger partial charge in [0.15, 0.2) is 0 Å². The highest BCUT2D eigenvalue weighted by molar-refractivity contribution is 5.95. The van der Waals surface area contributed by atoms with Crippen molar-refractivity contribution in [3.05, 3.63) is 23.8 Å². The molecule has 0 saturated heterocycles. The molecule has 3 unspecified atom stereocenters. The third-order valence-corrected chi connectivity index (χ3v) is 6.39. The van der Waals surface area contributed by atoms with Gasteiger partial charge < -0.3 is 16.2 Å². The normalized spacial score (nSPS) is 33.1. The van der Waals surface area contributed by atoms with Crippen LogP contribution in [0.5, 0.6) is 5.75 Å². The number of benzene rings is 1. The Bertz CT molecular complexity index is 596. The van der Waals surface area contributed by atoms with Gasteiger partial charge in [-0.3, -0.25) is 4.79 Å². The number of hydrogen-bond donors (Lipinski definition) is 3. The molecular weight excluding hydrogens is 264 g/mol. The standard InChI is InChI=1S/C17H24N2O2/c1-16(2)11-6-7-17(16,3)14(9-11)19-15(21)10-4-5-12(18)13(20)8-10/h4-5,8,11,14,20H,6-7,9,18H2,1-3H3,(H,19,21). The Morgan fingerprint density at radius 2 is 2.10 bits per heavy atom. The van der Waals surface area contributed by atoms with Gasteiger partial charge in [-0.05, 0) is 54.2 Å². The van der Waals surface area contributed by atoms with Crippen molar-refractivity contribution in [2.75, 3.05) is 5.73 Å². The van der Waals surface area contributed by atoms with Crippen LogP contribution in [-0.4, -0.2) is 17.1 Å². The van der Waals surface area contributed by atoms with E-state index in [4.69, 9.17) is 5.73 Å². The number of aromatic hydroxyl groups is 1. The Kier molecular flexibility index (Phi) is 2.98. The smallest absolute Gasteiger partial charge is 0.251 e. The zero-order valence-electron chi connectivity index (χ0n) is 12.9. The summed E-state index contributed by atoms with van der Waals surface area (Å²) in [5, 5.41) is 12.8. The summed E-state index contributed by atoms with van der Waals surface area (Å²) in [6.45, 7) is 6.95. The molecule has 1 aromatic carbocycles. The van der Waals surface area contributed by atoms with Gasteiger partial charge in [0.2, 0.25) is 0 Å². The van der Waals surface area contributed by atoms with Gasteiger partial charge in [0, 0.05) is 11.6 Å². The molecule has 0 radical (unpaired) electrons. The molecule has 1 aromatic rings. The van der Waals surface area contributed by atoms with Crippen LogP contribution in [0.2, 0.25) is 0 Å². The summed E-state index contributed by atoms with van der Waals surface area (Å²) in [4.78, 5) is 12.4. The summed E-state index contributed by atoms with van der Waals surface area (Å²) < 4.78 is 0. The van der Waals surface area contributed by atoms with Crippen molar-refractivity contribution in [1.29, 1.82) is 0 Å². The van der Waals surface area contributed by atoms with Crippen molar-refractivity contribution >= 4 is 11.6 Å². The van der Waals surface area contributed by atoms with Crippen molar-refractivity contribution in [2.24, 2.45) is 16.7 Å². The van der Waals surface area contributed by atoms with Gasteiger partial charge in [0.05, 0.1) is 5.69 Å². The number of amides is 1. The van der Waals surface area contributed by atoms with Gasteiger partial charge in [0.1, 0.15) is 5.75 Å². The molecule has 2 aliphatic carbocycles. The van der Waals surface area contributed by atoms with Gasteiger partial charge in [-0.1, -0.05) is 20.8 Å². The van der Waals surface area contributed by atoms with Gasteiger partial charge in [-0.25, -0.2) is 0 Å². The quantitative estimate of drug-likeness (QED) is 0.578. The van der Waals surface area contributed by atoms with Crippen LogP contribution in [0.25, 0.3) is 0 Å². The minimum atomic E-state index is -0.125. The van der Waals surface area contributed by atoms with Gasteiger partial charge in [0.25, 0.3) is 5.91 Å². The second-order valence-electron chi connectivity index (χ2n) is 7.41. The lowest BCUT2D eigenvalue weighted by Gasteiger charge is -2.39. The fraction of sp³-hybridized carbons (Fsp3) is 0.588. The second kappa shape index (κ2) is 4.39. The molecule has 2 fully saturated rings. The van der Waals surface area contributed by atoms with E-state index in [1.54, 1.807) is 12.1 Å². The molecule has 3 rings (SSSR count). The molecule has 0 aromatic heterocycles. The predicted molar refractivity (Wildman–Crippen MR) is 83.0 cm³/mol. The Morgan fingerprint density at radius 1 is 1.38 bits per heavy atom. The van der Waals surface area contributed by atoms with Crippen LogP contribution in [-0.2, 0) is 0 Å². The predicted octanol–water partition coefficient (Wildman–Crippen LogP) is 2.92. The van der Waals surface area contributed by atoms with E-state index >= 15 is 0 Å². The van der Waals surface area contributed by atoms with Crippen LogP contribution in [0.1, 0.15) is 50.4 Å². The van der Waals surface area contributed by atoms with E-state index in [1.165, 1.54) is 18.9 Å². The number of nitrogens with one attached hydrogen (secondary N) is 1. The number of phenols is 1. The maximum Gasteiger partial charge on any atom is 0.251 e. The lowest BCUT2D eigenvalue weighted by molar-refractivity contribution is 0.0826. The van der Waals surface area contributed by atoms with Crippen LogP contribution >= 0.6 is 0 Å². The average molecular weight is 288 g/mol. The van der Waals surface area contributed by atoms with Crippen LogP contribution in [0.15, 0.2) is 18.2 Å². The van der Waals surface area contributed by atoms with Crippen molar-refractivity contribution in [1.82, 2.24) is 5.32 Å². The molecule has 4 nitrogen and oxygen atoms in total. The van der Waals surface area contributed by atoms with E-state index in [0.29, 0.717) is 17.2 Å². The maximum absolute atomic E-state index is 12.4. The highest BCUT2D eigenvalue weighted by atomic mass is 16.3. The van der Waals surface area contributed by atoms with E-state index < -0.39 is 0 Å². The Morgan fingerprint density at radius 3 is 2.62 bits per heavy atom. The molecule has 4 N–H and O–H groups in total. The fourth-order valence-electron chi connectivity index (χ4n) is 4.35. The summed E-state index contributed by atoms with van der Waals surface area (Å²) >= 11 is 0. The minimum absolute atomic E-state index is 0.0397. The first-order valence-corrected chi connectivity index (χ1v) is 7.65. The number of hydrogen-bond acceptors (Lipinski definition) is 3. The van der Waals surface area contributed by atoms with Gasteiger partial charge in [-0.15, -0.1) is 0 Å². The van der Waals surface area contributed by atoms with Crippen molar-refractivity contribution in [3.63, 3.8) is 0 Å². The molecule has 2 bridgehead atoms. The molecule has 4 heteroatoms. The van der Waals surface area contributed by atoms with E-state index in [0.717, 1.165) is 6.42 Å². The first kappa shape index (κ1) is 14.2. The maximum atomic E-state index is 12.4. The van der Waals surface area contributed by atoms with Crippen LogP contribution < -0.4 is 11.1 Å². The van der Waals surface area contributed by atoms with Crippen LogP contribution in [0, 0.1) is 16.7 Å². The summed E-state index contributed by atoms with van der Waals surface area (Å²) in [5.41, 5.74) is 6.76. The average Bonchev–Trinajstić information content (AvgIpc) is 2.75. The largest absolute Gasteiger partial charge is 0.506 e. The SMILES string of the molecule is CC1(C)C2CCC1(C)C(NC(=O)c1ccc(N)c(O)c1)C2. The Balaban J connectivity index is 1.79. The van der Waals surface area contributed by atoms with Gasteiger partial charge >= 0.3 is 0 Å². The highest BCUT2D eigenvalue weighted by Crippen LogP contribution is 2.65. The molecule has 1 amide bonds. The number of phenolic OH excluding ortho intramolecular Hbond substituents is 1. The topological polar surface area (TPSA) is 75.4 Å². The number of nitrogens with two attached hydrogens (primary N) is 1. The molecular formula is C17H24N2O2. The summed E-state index contributed by atoms with van der Waals surface area (Å²) in [5.74, 6) is 0.523. The molecule has 0 aliphatic heterocycles. The third-order valence-electron chi connectivity index (χ3n) is 6.39. The van der Waals surface area contributed by atoms with Crippen molar-refractivity contribution < 1.29 is 9.90 Å². The van der Waals surface area contributed by atoms with E-state index in [-0.39, 0.29) is 28.5 Å². The minimum Gasteiger partial charge on any atom is -0.506 e. The Hall–Kier alpha value is -1.71. The molecule has 114 valence electrons. The first-order valence-electron chi connectivity index (χ1n) is 7.65. The lowest BCUT2D eigenvalue weighted by atomic mass is 9.69. The number of anilines is 1. The number of rotatable bonds is 2. The van der Waals surface area contributed by atoms with E-state index in [9.17, 15) is 9.90 Å². The zero-order valence-corrected chi connectivity index (χ0v) is 12.9. The van der Waals surface area contributed by atoms with Crippen LogP contribution in [0.4, 0.5) is 5.69 Å². The number of carbonyl (C=O) groups excluding carboxylic acids is 1. The fourth-order valence-corrected chi connectivity index (χ4v) is 4.35. The molecule has 2 saturated carbocycles. The Labute approximate surface area is 125 Å². The van der Waals surface area contributed by atoms with E-state index in [2.05, 4.69) is 26.1 Å². The van der Waals surface area contributed by atoms with Crippen molar-refractivity contribution in [3.8, 4) is 5.75 Å². The summed E-state index contributed by atoms with van der Waals surface area (Å²) in [6.07, 6.45) is 3.48. The zero-order chi connectivity index (χ0) is 15.4. The van der Waals surface area contributed by atoms with E-state index in [1.807, 2.05) is 0 Å². The summed E-state index contributed by atoms with van der Waals surface area (Å²) in [6, 6.07) is 4.87. The molecule has 2 aliphatic rings. The number of nitrogen functional groups attached to an aromatic ring is 1. The lowest BCUT2D eigenvalue weighted by Crippen LogP contribution is -2.46. The monoisotopic (exact) mass is 288 g/mol. The second-order valence-corrected chi connectivity index (χ2v) is 7.41. The van der Waals surface area contributed by atoms with Crippen LogP contribution in [0.3, 0.4) is 0 Å². The molecule has 0 heterocycles. The third kappa shape index (κ3) is 1.92. The number of fused-ring (bicyclic) bond motifs is 2. The molecule has 0 spiro atoms. The van der Waals surface area contributed by atoms with Gasteiger partial charge in [-0.2, -0.15) is 0 Å². The summed E-state index contributed by atoms with van der Waals surface area (Å²) in [7, 11) is 0. The van der Waals surface area contributed by atoms with Crippen molar-refractivity contribution in [2.45, 2.75) is 46.1 Å². The molecule has 21 heavy (non-hydrogen) atoms. The number of carbonyl (C=O) groups is 1.